The highest BCUT2D eigenvalue weighted by Gasteiger charge is 2.06. The van der Waals surface area contributed by atoms with Gasteiger partial charge in [-0.05, 0) is 49.2 Å². The second-order valence-corrected chi connectivity index (χ2v) is 4.61. The van der Waals surface area contributed by atoms with Crippen LogP contribution in [0.25, 0.3) is 5.57 Å². The number of hydrogen-bond donors (Lipinski definition) is 0. The molecule has 4 heteroatoms. The molecule has 0 aromatic heterocycles. The Labute approximate surface area is 117 Å². The maximum atomic E-state index is 10.6. The van der Waals surface area contributed by atoms with Gasteiger partial charge >= 0.3 is 0 Å². The molecule has 0 aliphatic heterocycles. The highest BCUT2D eigenvalue weighted by atomic mass is 16.6. The average molecular weight is 269 g/mol. The maximum Gasteiger partial charge on any atom is 0.269 e. The van der Waals surface area contributed by atoms with Crippen molar-refractivity contribution < 1.29 is 9.66 Å². The Balaban J connectivity index is 2.19. The fourth-order valence-electron chi connectivity index (χ4n) is 1.95. The van der Waals surface area contributed by atoms with E-state index in [0.29, 0.717) is 11.5 Å². The van der Waals surface area contributed by atoms with Crippen LogP contribution in [-0.2, 0) is 0 Å². The number of allylic oxidation sites excluding steroid dienone is 1. The molecule has 0 aliphatic carbocycles. The van der Waals surface area contributed by atoms with Gasteiger partial charge in [0, 0.05) is 12.1 Å². The van der Waals surface area contributed by atoms with Crippen LogP contribution in [0.2, 0.25) is 0 Å². The first-order chi connectivity index (χ1) is 9.47. The van der Waals surface area contributed by atoms with Gasteiger partial charge < -0.3 is 4.74 Å². The Morgan fingerprint density at radius 2 is 1.75 bits per heavy atom. The lowest BCUT2D eigenvalue weighted by atomic mass is 10.0. The molecule has 102 valence electrons. The minimum Gasteiger partial charge on any atom is -0.457 e. The fraction of sp³-hybridized carbons (Fsp3) is 0.125. The molecule has 2 aromatic carbocycles. The summed E-state index contributed by atoms with van der Waals surface area (Å²) in [4.78, 5) is 10.1. The molecule has 0 spiro atoms. The van der Waals surface area contributed by atoms with Gasteiger partial charge in [-0.25, -0.2) is 0 Å². The second-order valence-electron chi connectivity index (χ2n) is 4.61. The minimum absolute atomic E-state index is 0.0474. The third-order valence-electron chi connectivity index (χ3n) is 2.94. The van der Waals surface area contributed by atoms with Gasteiger partial charge in [-0.2, -0.15) is 0 Å². The van der Waals surface area contributed by atoms with E-state index in [0.717, 1.165) is 16.7 Å². The number of nitrogens with zero attached hydrogens (tertiary/aromatic N) is 1. The van der Waals surface area contributed by atoms with Crippen molar-refractivity contribution in [3.05, 3.63) is 70.3 Å². The van der Waals surface area contributed by atoms with E-state index in [1.165, 1.54) is 12.1 Å². The topological polar surface area (TPSA) is 52.4 Å². The van der Waals surface area contributed by atoms with E-state index in [2.05, 4.69) is 6.58 Å². The van der Waals surface area contributed by atoms with Gasteiger partial charge in [-0.3, -0.25) is 10.1 Å². The normalized spacial score (nSPS) is 10.1. The average Bonchev–Trinajstić information content (AvgIpc) is 2.39. The standard InChI is InChI=1S/C16H15NO3/c1-11(2)16-9-8-15(10-12(16)3)20-14-6-4-13(5-7-14)17(18)19/h4-10H,1H2,2-3H3. The molecular weight excluding hydrogens is 254 g/mol. The largest absolute Gasteiger partial charge is 0.457 e. The van der Waals surface area contributed by atoms with E-state index in [9.17, 15) is 10.1 Å². The lowest BCUT2D eigenvalue weighted by Crippen LogP contribution is -1.90. The molecular formula is C16H15NO3. The first-order valence-electron chi connectivity index (χ1n) is 6.16. The van der Waals surface area contributed by atoms with Crippen molar-refractivity contribution in [3.63, 3.8) is 0 Å². The van der Waals surface area contributed by atoms with Crippen molar-refractivity contribution >= 4 is 11.3 Å². The number of non-ortho nitro benzene ring substituents is 1. The number of nitro groups is 1. The highest BCUT2D eigenvalue weighted by Crippen LogP contribution is 2.27. The zero-order valence-electron chi connectivity index (χ0n) is 11.4. The first-order valence-corrected chi connectivity index (χ1v) is 6.16. The van der Waals surface area contributed by atoms with Crippen LogP contribution < -0.4 is 4.74 Å². The number of aryl methyl sites for hydroxylation is 1. The van der Waals surface area contributed by atoms with Crippen LogP contribution in [-0.4, -0.2) is 4.92 Å². The predicted molar refractivity (Wildman–Crippen MR) is 79.1 cm³/mol. The molecule has 0 amide bonds. The minimum atomic E-state index is -0.435. The summed E-state index contributed by atoms with van der Waals surface area (Å²) in [5.74, 6) is 1.26. The van der Waals surface area contributed by atoms with E-state index >= 15 is 0 Å². The zero-order chi connectivity index (χ0) is 14.7. The van der Waals surface area contributed by atoms with Gasteiger partial charge in [0.15, 0.2) is 0 Å². The molecule has 0 atom stereocenters. The van der Waals surface area contributed by atoms with Crippen LogP contribution in [0.5, 0.6) is 11.5 Å². The molecule has 2 aromatic rings. The van der Waals surface area contributed by atoms with Crippen molar-refractivity contribution in [2.75, 3.05) is 0 Å². The molecule has 0 saturated carbocycles. The maximum absolute atomic E-state index is 10.6. The van der Waals surface area contributed by atoms with Gasteiger partial charge in [0.2, 0.25) is 0 Å². The first kappa shape index (κ1) is 13.8. The quantitative estimate of drug-likeness (QED) is 0.595. The van der Waals surface area contributed by atoms with Crippen LogP contribution >= 0.6 is 0 Å². The SMILES string of the molecule is C=C(C)c1ccc(Oc2ccc([N+](=O)[O-])cc2)cc1C. The molecule has 2 rings (SSSR count). The van der Waals surface area contributed by atoms with Crippen molar-refractivity contribution in [2.24, 2.45) is 0 Å². The highest BCUT2D eigenvalue weighted by molar-refractivity contribution is 5.65. The van der Waals surface area contributed by atoms with E-state index in [4.69, 9.17) is 4.74 Å². The van der Waals surface area contributed by atoms with Gasteiger partial charge in [0.25, 0.3) is 5.69 Å². The van der Waals surface area contributed by atoms with E-state index in [1.54, 1.807) is 12.1 Å². The predicted octanol–water partition coefficient (Wildman–Crippen LogP) is 4.73. The lowest BCUT2D eigenvalue weighted by molar-refractivity contribution is -0.384. The molecule has 0 radical (unpaired) electrons. The van der Waals surface area contributed by atoms with Gasteiger partial charge in [-0.15, -0.1) is 0 Å². The zero-order valence-corrected chi connectivity index (χ0v) is 11.4. The Kier molecular flexibility index (Phi) is 3.84. The van der Waals surface area contributed by atoms with Crippen LogP contribution in [0.1, 0.15) is 18.1 Å². The number of hydrogen-bond acceptors (Lipinski definition) is 3. The van der Waals surface area contributed by atoms with Crippen LogP contribution in [0.3, 0.4) is 0 Å². The fourth-order valence-corrected chi connectivity index (χ4v) is 1.95. The Bertz CT molecular complexity index is 660. The third kappa shape index (κ3) is 3.03. The molecule has 4 nitrogen and oxygen atoms in total. The molecule has 0 saturated heterocycles. The molecule has 0 unspecified atom stereocenters. The smallest absolute Gasteiger partial charge is 0.269 e. The summed E-state index contributed by atoms with van der Waals surface area (Å²) < 4.78 is 5.68. The van der Waals surface area contributed by atoms with Gasteiger partial charge in [0.1, 0.15) is 11.5 Å². The number of benzene rings is 2. The molecule has 0 bridgehead atoms. The molecule has 0 fully saturated rings. The summed E-state index contributed by atoms with van der Waals surface area (Å²) in [6.45, 7) is 7.87. The van der Waals surface area contributed by atoms with Crippen LogP contribution in [0.4, 0.5) is 5.69 Å². The van der Waals surface area contributed by atoms with Crippen LogP contribution in [0, 0.1) is 17.0 Å². The molecule has 0 aliphatic rings. The second kappa shape index (κ2) is 5.57. The summed E-state index contributed by atoms with van der Waals surface area (Å²) in [6.07, 6.45) is 0. The number of rotatable bonds is 4. The van der Waals surface area contributed by atoms with E-state index < -0.39 is 4.92 Å². The summed E-state index contributed by atoms with van der Waals surface area (Å²) in [6, 6.07) is 11.7. The third-order valence-corrected chi connectivity index (χ3v) is 2.94. The molecule has 20 heavy (non-hydrogen) atoms. The van der Waals surface area contributed by atoms with Crippen molar-refractivity contribution in [1.82, 2.24) is 0 Å². The van der Waals surface area contributed by atoms with E-state index in [-0.39, 0.29) is 5.69 Å². The lowest BCUT2D eigenvalue weighted by Gasteiger charge is -2.09. The van der Waals surface area contributed by atoms with Crippen molar-refractivity contribution in [3.8, 4) is 11.5 Å². The summed E-state index contributed by atoms with van der Waals surface area (Å²) in [5.41, 5.74) is 3.23. The van der Waals surface area contributed by atoms with Crippen molar-refractivity contribution in [1.29, 1.82) is 0 Å². The Hall–Kier alpha value is -2.62. The van der Waals surface area contributed by atoms with Crippen LogP contribution in [0.15, 0.2) is 49.0 Å². The van der Waals surface area contributed by atoms with Crippen molar-refractivity contribution in [2.45, 2.75) is 13.8 Å². The Morgan fingerprint density at radius 1 is 1.15 bits per heavy atom. The molecule has 0 heterocycles. The van der Waals surface area contributed by atoms with Gasteiger partial charge in [-0.1, -0.05) is 18.2 Å². The Morgan fingerprint density at radius 3 is 2.25 bits per heavy atom. The van der Waals surface area contributed by atoms with E-state index in [1.807, 2.05) is 32.0 Å². The monoisotopic (exact) mass is 269 g/mol. The number of nitro benzene ring substituents is 1. The molecule has 0 N–H and O–H groups in total. The summed E-state index contributed by atoms with van der Waals surface area (Å²) >= 11 is 0. The van der Waals surface area contributed by atoms with Gasteiger partial charge in [0.05, 0.1) is 4.92 Å². The summed E-state index contributed by atoms with van der Waals surface area (Å²) in [7, 11) is 0. The number of ether oxygens (including phenoxy) is 1. The summed E-state index contributed by atoms with van der Waals surface area (Å²) in [5, 5.41) is 10.6.